The zero-order chi connectivity index (χ0) is 22.4. The lowest BCUT2D eigenvalue weighted by Gasteiger charge is -2.11. The van der Waals surface area contributed by atoms with Crippen molar-refractivity contribution < 1.29 is 9.59 Å². The fraction of sp³-hybridized carbons (Fsp3) is 0.333. The molecule has 162 valence electrons. The van der Waals surface area contributed by atoms with E-state index in [1.807, 2.05) is 31.2 Å². The van der Waals surface area contributed by atoms with Crippen molar-refractivity contribution in [1.82, 2.24) is 20.6 Å². The number of fused-ring (bicyclic) bond motifs is 1. The molecule has 0 fully saturated rings. The fourth-order valence-electron chi connectivity index (χ4n) is 3.45. The third-order valence-electron chi connectivity index (χ3n) is 4.87. The summed E-state index contributed by atoms with van der Waals surface area (Å²) < 4.78 is 1.29. The van der Waals surface area contributed by atoms with Crippen LogP contribution >= 0.6 is 0 Å². The number of aromatic nitrogens is 2. The van der Waals surface area contributed by atoms with E-state index in [2.05, 4.69) is 29.8 Å². The van der Waals surface area contributed by atoms with E-state index >= 15 is 0 Å². The molecule has 31 heavy (non-hydrogen) atoms. The minimum atomic E-state index is -0.568. The van der Waals surface area contributed by atoms with Gasteiger partial charge in [-0.3, -0.25) is 25.2 Å². The van der Waals surface area contributed by atoms with Crippen molar-refractivity contribution in [3.8, 4) is 0 Å². The molecule has 2 aromatic carbocycles. The van der Waals surface area contributed by atoms with Crippen molar-refractivity contribution in [3.63, 3.8) is 0 Å². The predicted octanol–water partition coefficient (Wildman–Crippen LogP) is 3.01. The van der Waals surface area contributed by atoms with E-state index in [-0.39, 0.29) is 23.6 Å². The van der Waals surface area contributed by atoms with Crippen LogP contribution in [0.1, 0.15) is 48.8 Å². The van der Waals surface area contributed by atoms with Gasteiger partial charge in [-0.2, -0.15) is 5.10 Å². The van der Waals surface area contributed by atoms with Crippen LogP contribution in [0.4, 0.5) is 0 Å². The van der Waals surface area contributed by atoms with Gasteiger partial charge in [0.05, 0.1) is 11.8 Å². The lowest BCUT2D eigenvalue weighted by Crippen LogP contribution is -2.43. The van der Waals surface area contributed by atoms with Crippen molar-refractivity contribution >= 4 is 22.6 Å². The van der Waals surface area contributed by atoms with Crippen LogP contribution in [-0.2, 0) is 24.2 Å². The zero-order valence-electron chi connectivity index (χ0n) is 18.1. The molecule has 0 unspecified atom stereocenters. The second kappa shape index (κ2) is 10.0. The molecule has 0 aliphatic carbocycles. The van der Waals surface area contributed by atoms with Gasteiger partial charge >= 0.3 is 0 Å². The maximum absolute atomic E-state index is 12.7. The minimum Gasteiger partial charge on any atom is -0.273 e. The molecule has 1 heterocycles. The Balaban J connectivity index is 1.69. The summed E-state index contributed by atoms with van der Waals surface area (Å²) in [5.74, 6) is -0.335. The first-order valence-corrected chi connectivity index (χ1v) is 10.6. The molecule has 0 atom stereocenters. The normalized spacial score (nSPS) is 11.0. The van der Waals surface area contributed by atoms with Gasteiger partial charge in [-0.15, -0.1) is 0 Å². The number of carbonyl (C=O) groups is 2. The number of hydrogen-bond donors (Lipinski definition) is 2. The molecule has 0 saturated carbocycles. The summed E-state index contributed by atoms with van der Waals surface area (Å²) in [6.07, 6.45) is 1.84. The Kier molecular flexibility index (Phi) is 7.18. The smallest absolute Gasteiger partial charge is 0.273 e. The number of amides is 2. The summed E-state index contributed by atoms with van der Waals surface area (Å²) >= 11 is 0. The first kappa shape index (κ1) is 22.2. The van der Waals surface area contributed by atoms with Crippen LogP contribution in [0.3, 0.4) is 0 Å². The SMILES string of the molecule is CCCn1nc(C(=O)NNC(=O)Cc2ccc(CC(C)C)cc2)c2ccccc2c1=O. The van der Waals surface area contributed by atoms with Crippen molar-refractivity contribution in [3.05, 3.63) is 75.7 Å². The van der Waals surface area contributed by atoms with Crippen molar-refractivity contribution in [2.45, 2.75) is 46.6 Å². The third kappa shape index (κ3) is 5.57. The first-order chi connectivity index (χ1) is 14.9. The molecule has 7 heteroatoms. The van der Waals surface area contributed by atoms with Gasteiger partial charge in [0.25, 0.3) is 11.5 Å². The molecule has 0 radical (unpaired) electrons. The Labute approximate surface area is 181 Å². The summed E-state index contributed by atoms with van der Waals surface area (Å²) in [5.41, 5.74) is 6.81. The number of rotatable bonds is 7. The average Bonchev–Trinajstić information content (AvgIpc) is 2.75. The summed E-state index contributed by atoms with van der Waals surface area (Å²) in [7, 11) is 0. The quantitative estimate of drug-likeness (QED) is 0.575. The number of hydrogen-bond acceptors (Lipinski definition) is 4. The maximum Gasteiger partial charge on any atom is 0.290 e. The standard InChI is InChI=1S/C24H28N4O3/c1-4-13-28-24(31)20-8-6-5-7-19(20)22(27-28)23(30)26-25-21(29)15-18-11-9-17(10-12-18)14-16(2)3/h5-12,16H,4,13-15H2,1-3H3,(H,25,29)(H,26,30). The third-order valence-corrected chi connectivity index (χ3v) is 4.87. The Bertz CT molecular complexity index is 1130. The van der Waals surface area contributed by atoms with Gasteiger partial charge in [0.2, 0.25) is 5.91 Å². The Hall–Kier alpha value is -3.48. The summed E-state index contributed by atoms with van der Waals surface area (Å²) in [6, 6.07) is 14.7. The number of carbonyl (C=O) groups excluding carboxylic acids is 2. The van der Waals surface area contributed by atoms with E-state index in [0.29, 0.717) is 29.7 Å². The van der Waals surface area contributed by atoms with Gasteiger partial charge in [0, 0.05) is 11.9 Å². The van der Waals surface area contributed by atoms with Gasteiger partial charge in [-0.25, -0.2) is 4.68 Å². The topological polar surface area (TPSA) is 93.1 Å². The predicted molar refractivity (Wildman–Crippen MR) is 121 cm³/mol. The lowest BCUT2D eigenvalue weighted by molar-refractivity contribution is -0.121. The van der Waals surface area contributed by atoms with Crippen LogP contribution in [0.15, 0.2) is 53.3 Å². The van der Waals surface area contributed by atoms with Gasteiger partial charge < -0.3 is 0 Å². The van der Waals surface area contributed by atoms with Crippen LogP contribution in [0.5, 0.6) is 0 Å². The number of benzene rings is 2. The highest BCUT2D eigenvalue weighted by Crippen LogP contribution is 2.13. The van der Waals surface area contributed by atoms with E-state index in [1.54, 1.807) is 24.3 Å². The van der Waals surface area contributed by atoms with Crippen LogP contribution < -0.4 is 16.4 Å². The van der Waals surface area contributed by atoms with Crippen molar-refractivity contribution in [2.24, 2.45) is 5.92 Å². The highest BCUT2D eigenvalue weighted by molar-refractivity contribution is 6.05. The molecule has 0 aliphatic heterocycles. The zero-order valence-corrected chi connectivity index (χ0v) is 18.1. The molecule has 0 aliphatic rings. The molecule has 1 aromatic heterocycles. The second-order valence-electron chi connectivity index (χ2n) is 8.02. The molecule has 3 rings (SSSR count). The van der Waals surface area contributed by atoms with E-state index < -0.39 is 5.91 Å². The van der Waals surface area contributed by atoms with Crippen molar-refractivity contribution in [2.75, 3.05) is 0 Å². The lowest BCUT2D eigenvalue weighted by atomic mass is 10.0. The molecular formula is C24H28N4O3. The molecular weight excluding hydrogens is 392 g/mol. The van der Waals surface area contributed by atoms with Crippen LogP contribution in [0, 0.1) is 5.92 Å². The van der Waals surface area contributed by atoms with Crippen LogP contribution in [0.25, 0.3) is 10.8 Å². The van der Waals surface area contributed by atoms with E-state index in [9.17, 15) is 14.4 Å². The Morgan fingerprint density at radius 1 is 0.968 bits per heavy atom. The molecule has 0 spiro atoms. The fourth-order valence-corrected chi connectivity index (χ4v) is 3.45. The van der Waals surface area contributed by atoms with Crippen LogP contribution in [-0.4, -0.2) is 21.6 Å². The van der Waals surface area contributed by atoms with Crippen molar-refractivity contribution in [1.29, 1.82) is 0 Å². The largest absolute Gasteiger partial charge is 0.290 e. The second-order valence-corrected chi connectivity index (χ2v) is 8.02. The average molecular weight is 421 g/mol. The molecule has 2 N–H and O–H groups in total. The Morgan fingerprint density at radius 2 is 1.61 bits per heavy atom. The van der Waals surface area contributed by atoms with Gasteiger partial charge in [-0.05, 0) is 36.0 Å². The number of aryl methyl sites for hydroxylation is 1. The first-order valence-electron chi connectivity index (χ1n) is 10.6. The molecule has 7 nitrogen and oxygen atoms in total. The van der Waals surface area contributed by atoms with E-state index in [1.165, 1.54) is 10.2 Å². The molecule has 0 saturated heterocycles. The highest BCUT2D eigenvalue weighted by Gasteiger charge is 2.17. The van der Waals surface area contributed by atoms with Gasteiger partial charge in [0.15, 0.2) is 5.69 Å². The highest BCUT2D eigenvalue weighted by atomic mass is 16.2. The van der Waals surface area contributed by atoms with Gasteiger partial charge in [0.1, 0.15) is 0 Å². The summed E-state index contributed by atoms with van der Waals surface area (Å²) in [5, 5.41) is 5.10. The minimum absolute atomic E-state index is 0.0991. The monoisotopic (exact) mass is 420 g/mol. The van der Waals surface area contributed by atoms with E-state index in [0.717, 1.165) is 12.0 Å². The number of nitrogens with zero attached hydrogens (tertiary/aromatic N) is 2. The summed E-state index contributed by atoms with van der Waals surface area (Å²) in [4.78, 5) is 37.6. The molecule has 0 bridgehead atoms. The molecule has 2 amide bonds. The Morgan fingerprint density at radius 3 is 2.26 bits per heavy atom. The number of nitrogens with one attached hydrogen (secondary N) is 2. The molecule has 3 aromatic rings. The maximum atomic E-state index is 12.7. The summed E-state index contributed by atoms with van der Waals surface area (Å²) in [6.45, 7) is 6.66. The van der Waals surface area contributed by atoms with Gasteiger partial charge in [-0.1, -0.05) is 63.2 Å². The number of hydrazine groups is 1. The van der Waals surface area contributed by atoms with Crippen LogP contribution in [0.2, 0.25) is 0 Å². The van der Waals surface area contributed by atoms with E-state index in [4.69, 9.17) is 0 Å².